The van der Waals surface area contributed by atoms with E-state index in [0.717, 1.165) is 25.7 Å². The Balaban J connectivity index is 2.32. The van der Waals surface area contributed by atoms with Gasteiger partial charge < -0.3 is 4.74 Å². The van der Waals surface area contributed by atoms with E-state index < -0.39 is 0 Å². The first kappa shape index (κ1) is 9.54. The van der Waals surface area contributed by atoms with Gasteiger partial charge in [0.1, 0.15) is 0 Å². The topological polar surface area (TPSA) is 33.0 Å². The van der Waals surface area contributed by atoms with E-state index in [1.54, 1.807) is 0 Å². The van der Waals surface area contributed by atoms with E-state index in [0.29, 0.717) is 12.2 Å². The van der Waals surface area contributed by atoms with Gasteiger partial charge in [0.2, 0.25) is 0 Å². The Morgan fingerprint density at radius 3 is 2.75 bits per heavy atom. The molecule has 0 aromatic carbocycles. The van der Waals surface area contributed by atoms with Gasteiger partial charge in [0.05, 0.1) is 18.3 Å². The second-order valence-electron chi connectivity index (χ2n) is 3.80. The van der Waals surface area contributed by atoms with Gasteiger partial charge in [-0.25, -0.2) is 0 Å². The number of rotatable bonds is 2. The van der Waals surface area contributed by atoms with Gasteiger partial charge in [-0.15, -0.1) is 0 Å². The summed E-state index contributed by atoms with van der Waals surface area (Å²) in [5.41, 5.74) is 0. The van der Waals surface area contributed by atoms with Crippen LogP contribution in [0.5, 0.6) is 0 Å². The number of hydrogen-bond acceptors (Lipinski definition) is 2. The summed E-state index contributed by atoms with van der Waals surface area (Å²) in [6, 6.07) is 2.33. The molecule has 1 rings (SSSR count). The van der Waals surface area contributed by atoms with Crippen molar-refractivity contribution < 1.29 is 4.74 Å². The third-order valence-electron chi connectivity index (χ3n) is 2.27. The van der Waals surface area contributed by atoms with Gasteiger partial charge in [-0.2, -0.15) is 5.26 Å². The highest BCUT2D eigenvalue weighted by molar-refractivity contribution is 4.88. The van der Waals surface area contributed by atoms with Crippen molar-refractivity contribution >= 4 is 0 Å². The first-order chi connectivity index (χ1) is 5.72. The Kier molecular flexibility index (Phi) is 3.55. The maximum Gasteiger partial charge on any atom is 0.0656 e. The van der Waals surface area contributed by atoms with Crippen LogP contribution in [-0.2, 0) is 4.74 Å². The highest BCUT2D eigenvalue weighted by atomic mass is 16.5. The van der Waals surface area contributed by atoms with Crippen LogP contribution in [0, 0.1) is 17.2 Å². The average molecular weight is 167 g/mol. The second kappa shape index (κ2) is 4.47. The molecular weight excluding hydrogens is 150 g/mol. The maximum absolute atomic E-state index is 8.74. The van der Waals surface area contributed by atoms with Crippen LogP contribution in [0.25, 0.3) is 0 Å². The van der Waals surface area contributed by atoms with E-state index in [2.05, 4.69) is 19.9 Å². The average Bonchev–Trinajstić information content (AvgIpc) is 2.03. The molecule has 0 aromatic rings. The smallest absolute Gasteiger partial charge is 0.0656 e. The van der Waals surface area contributed by atoms with Crippen molar-refractivity contribution in [1.82, 2.24) is 0 Å². The lowest BCUT2D eigenvalue weighted by Crippen LogP contribution is -2.24. The molecule has 2 heteroatoms. The Morgan fingerprint density at radius 2 is 2.17 bits per heavy atom. The molecule has 0 heterocycles. The van der Waals surface area contributed by atoms with Crippen molar-refractivity contribution in [3.05, 3.63) is 0 Å². The summed E-state index contributed by atoms with van der Waals surface area (Å²) < 4.78 is 5.67. The van der Waals surface area contributed by atoms with Crippen molar-refractivity contribution in [2.75, 3.05) is 0 Å². The number of nitriles is 1. The maximum atomic E-state index is 8.74. The van der Waals surface area contributed by atoms with E-state index in [1.807, 2.05) is 0 Å². The predicted molar refractivity (Wildman–Crippen MR) is 47.6 cm³/mol. The monoisotopic (exact) mass is 167 g/mol. The first-order valence-corrected chi connectivity index (χ1v) is 4.77. The number of ether oxygens (including phenoxy) is 1. The highest BCUT2D eigenvalue weighted by Gasteiger charge is 2.22. The van der Waals surface area contributed by atoms with Crippen LogP contribution in [0.1, 0.15) is 39.5 Å². The molecule has 0 aromatic heterocycles. The lowest BCUT2D eigenvalue weighted by molar-refractivity contribution is -0.0184. The van der Waals surface area contributed by atoms with Crippen molar-refractivity contribution in [2.45, 2.75) is 51.7 Å². The summed E-state index contributed by atoms with van der Waals surface area (Å²) in [6.45, 7) is 4.10. The van der Waals surface area contributed by atoms with E-state index in [1.165, 1.54) is 0 Å². The van der Waals surface area contributed by atoms with Gasteiger partial charge >= 0.3 is 0 Å². The van der Waals surface area contributed by atoms with Crippen molar-refractivity contribution in [3.8, 4) is 6.07 Å². The zero-order chi connectivity index (χ0) is 8.97. The Bertz CT molecular complexity index is 171. The molecule has 0 aliphatic heterocycles. The van der Waals surface area contributed by atoms with Crippen molar-refractivity contribution in [2.24, 2.45) is 5.92 Å². The summed E-state index contributed by atoms with van der Waals surface area (Å²) in [5, 5.41) is 8.74. The van der Waals surface area contributed by atoms with Crippen LogP contribution in [0.3, 0.4) is 0 Å². The van der Waals surface area contributed by atoms with Crippen LogP contribution in [0.2, 0.25) is 0 Å². The number of nitrogens with zero attached hydrogens (tertiary/aromatic N) is 1. The summed E-state index contributed by atoms with van der Waals surface area (Å²) >= 11 is 0. The fourth-order valence-corrected chi connectivity index (χ4v) is 1.77. The molecule has 1 fully saturated rings. The van der Waals surface area contributed by atoms with Gasteiger partial charge in [-0.1, -0.05) is 0 Å². The second-order valence-corrected chi connectivity index (χ2v) is 3.80. The summed E-state index contributed by atoms with van der Waals surface area (Å²) in [4.78, 5) is 0. The van der Waals surface area contributed by atoms with Gasteiger partial charge in [0, 0.05) is 5.92 Å². The molecule has 68 valence electrons. The third-order valence-corrected chi connectivity index (χ3v) is 2.27. The molecule has 2 nitrogen and oxygen atoms in total. The molecule has 0 N–H and O–H groups in total. The number of hydrogen-bond donors (Lipinski definition) is 0. The zero-order valence-electron chi connectivity index (χ0n) is 7.92. The van der Waals surface area contributed by atoms with E-state index in [4.69, 9.17) is 10.00 Å². The lowest BCUT2D eigenvalue weighted by atomic mass is 9.88. The fraction of sp³-hybridized carbons (Fsp3) is 0.900. The van der Waals surface area contributed by atoms with Crippen LogP contribution in [0.4, 0.5) is 0 Å². The lowest BCUT2D eigenvalue weighted by Gasteiger charge is -2.26. The molecule has 2 atom stereocenters. The molecule has 0 amide bonds. The molecule has 1 saturated carbocycles. The Labute approximate surface area is 74.5 Å². The molecule has 12 heavy (non-hydrogen) atoms. The zero-order valence-corrected chi connectivity index (χ0v) is 7.92. The summed E-state index contributed by atoms with van der Waals surface area (Å²) in [7, 11) is 0. The van der Waals surface area contributed by atoms with Crippen molar-refractivity contribution in [3.63, 3.8) is 0 Å². The molecule has 1 aliphatic carbocycles. The molecule has 2 unspecified atom stereocenters. The first-order valence-electron chi connectivity index (χ1n) is 4.77. The van der Waals surface area contributed by atoms with Crippen LogP contribution in [-0.4, -0.2) is 12.2 Å². The normalized spacial score (nSPS) is 30.2. The van der Waals surface area contributed by atoms with Crippen LogP contribution in [0.15, 0.2) is 0 Å². The molecule has 0 bridgehead atoms. The van der Waals surface area contributed by atoms with Gasteiger partial charge in [0.25, 0.3) is 0 Å². The van der Waals surface area contributed by atoms with Gasteiger partial charge in [-0.05, 0) is 39.5 Å². The molecule has 0 saturated heterocycles. The van der Waals surface area contributed by atoms with Crippen LogP contribution >= 0.6 is 0 Å². The predicted octanol–water partition coefficient (Wildman–Crippen LogP) is 2.49. The summed E-state index contributed by atoms with van der Waals surface area (Å²) in [5.74, 6) is 0.238. The SMILES string of the molecule is CC(C)OC1CCCC(C#N)C1. The van der Waals surface area contributed by atoms with Gasteiger partial charge in [-0.3, -0.25) is 0 Å². The highest BCUT2D eigenvalue weighted by Crippen LogP contribution is 2.26. The Hall–Kier alpha value is -0.550. The van der Waals surface area contributed by atoms with E-state index in [9.17, 15) is 0 Å². The largest absolute Gasteiger partial charge is 0.376 e. The van der Waals surface area contributed by atoms with E-state index >= 15 is 0 Å². The molecule has 0 radical (unpaired) electrons. The standard InChI is InChI=1S/C10H17NO/c1-8(2)12-10-5-3-4-9(6-10)7-11/h8-10H,3-6H2,1-2H3. The molecular formula is C10H17NO. The van der Waals surface area contributed by atoms with Crippen LogP contribution < -0.4 is 0 Å². The van der Waals surface area contributed by atoms with Crippen molar-refractivity contribution in [1.29, 1.82) is 5.26 Å². The summed E-state index contributed by atoms with van der Waals surface area (Å²) in [6.07, 6.45) is 4.92. The minimum atomic E-state index is 0.238. The minimum absolute atomic E-state index is 0.238. The molecule has 1 aliphatic rings. The fourth-order valence-electron chi connectivity index (χ4n) is 1.77. The quantitative estimate of drug-likeness (QED) is 0.633. The van der Waals surface area contributed by atoms with E-state index in [-0.39, 0.29) is 5.92 Å². The van der Waals surface area contributed by atoms with Gasteiger partial charge in [0.15, 0.2) is 0 Å². The molecule has 0 spiro atoms. The third kappa shape index (κ3) is 2.83. The Morgan fingerprint density at radius 1 is 1.42 bits per heavy atom. The minimum Gasteiger partial charge on any atom is -0.376 e.